The molecule has 0 spiro atoms. The molecule has 1 aliphatic carbocycles. The third-order valence-corrected chi connectivity index (χ3v) is 4.35. The van der Waals surface area contributed by atoms with Crippen molar-refractivity contribution in [2.45, 2.75) is 12.8 Å². The maximum atomic E-state index is 11.9. The van der Waals surface area contributed by atoms with Crippen LogP contribution in [0.5, 0.6) is 0 Å². The average Bonchev–Trinajstić information content (AvgIpc) is 2.92. The van der Waals surface area contributed by atoms with Crippen molar-refractivity contribution in [3.63, 3.8) is 0 Å². The first-order chi connectivity index (χ1) is 9.67. The largest absolute Gasteiger partial charge is 0.293 e. The van der Waals surface area contributed by atoms with Crippen LogP contribution >= 0.6 is 23.2 Å². The fourth-order valence-corrected chi connectivity index (χ4v) is 3.26. The van der Waals surface area contributed by atoms with E-state index in [1.165, 1.54) is 5.56 Å². The Morgan fingerprint density at radius 2 is 1.55 bits per heavy atom. The first-order valence-corrected chi connectivity index (χ1v) is 7.50. The Labute approximate surface area is 126 Å². The van der Waals surface area contributed by atoms with E-state index in [1.54, 1.807) is 6.07 Å². The summed E-state index contributed by atoms with van der Waals surface area (Å²) in [6.07, 6.45) is 1.72. The number of carbonyl (C=O) groups excluding carboxylic acids is 2. The number of hydrogen-bond donors (Lipinski definition) is 0. The average molecular weight is 307 g/mol. The van der Waals surface area contributed by atoms with Gasteiger partial charge < -0.3 is 0 Å². The molecule has 2 aromatic rings. The Kier molecular flexibility index (Phi) is 3.53. The second-order valence-corrected chi connectivity index (χ2v) is 5.43. The first-order valence-electron chi connectivity index (χ1n) is 6.43. The van der Waals surface area contributed by atoms with Crippen molar-refractivity contribution < 1.29 is 9.59 Å². The van der Waals surface area contributed by atoms with E-state index in [2.05, 4.69) is 0 Å². The molecule has 0 aromatic heterocycles. The molecule has 0 saturated carbocycles. The number of aryl methyl sites for hydroxylation is 2. The van der Waals surface area contributed by atoms with Gasteiger partial charge in [-0.2, -0.15) is 0 Å². The molecule has 2 nitrogen and oxygen atoms in total. The molecule has 0 heterocycles. The van der Waals surface area contributed by atoms with E-state index in [-0.39, 0.29) is 23.3 Å². The number of hydrogen-bond acceptors (Lipinski definition) is 2. The molecule has 20 heavy (non-hydrogen) atoms. The third-order valence-electron chi connectivity index (χ3n) is 3.86. The lowest BCUT2D eigenvalue weighted by molar-refractivity contribution is 0.101. The second kappa shape index (κ2) is 5.19. The Balaban J connectivity index is 2.32. The Bertz CT molecular complexity index is 735. The van der Waals surface area contributed by atoms with Gasteiger partial charge in [0.05, 0.1) is 11.8 Å². The summed E-state index contributed by atoms with van der Waals surface area (Å²) in [4.78, 5) is 23.8. The van der Waals surface area contributed by atoms with Gasteiger partial charge in [-0.15, -0.1) is 23.2 Å². The maximum absolute atomic E-state index is 11.9. The van der Waals surface area contributed by atoms with E-state index in [0.717, 1.165) is 29.2 Å². The molecule has 0 aliphatic heterocycles. The summed E-state index contributed by atoms with van der Waals surface area (Å²) in [6, 6.07) is 7.42. The quantitative estimate of drug-likeness (QED) is 0.636. The number of rotatable bonds is 4. The molecule has 0 radical (unpaired) electrons. The summed E-state index contributed by atoms with van der Waals surface area (Å²) in [5, 5.41) is 1.93. The minimum atomic E-state index is -0.0903. The predicted octanol–water partition coefficient (Wildman–Crippen LogP) is 3.78. The predicted molar refractivity (Wildman–Crippen MR) is 81.5 cm³/mol. The minimum absolute atomic E-state index is 0.0197. The number of Topliss-reactive ketones (excluding diaryl/α,β-unsaturated/α-hetero) is 2. The van der Waals surface area contributed by atoms with Crippen molar-refractivity contribution in [2.75, 3.05) is 11.8 Å². The standard InChI is InChI=1S/C16H12Cl2O2/c17-7-14(19)10-3-1-9-2-4-12-11(15(20)8-18)5-6-13(10)16(9)12/h1,3,5-6H,2,4,7-8H2. The molecule has 3 rings (SSSR count). The van der Waals surface area contributed by atoms with Crippen molar-refractivity contribution in [1.82, 2.24) is 0 Å². The summed E-state index contributed by atoms with van der Waals surface area (Å²) in [7, 11) is 0. The van der Waals surface area contributed by atoms with Gasteiger partial charge in [0.2, 0.25) is 0 Å². The highest BCUT2D eigenvalue weighted by molar-refractivity contribution is 6.33. The fourth-order valence-electron chi connectivity index (χ4n) is 2.97. The molecule has 0 bridgehead atoms. The Hall–Kier alpha value is -1.38. The third kappa shape index (κ3) is 1.95. The van der Waals surface area contributed by atoms with Crippen LogP contribution in [0.25, 0.3) is 10.8 Å². The summed E-state index contributed by atoms with van der Waals surface area (Å²) < 4.78 is 0. The molecule has 2 aromatic carbocycles. The van der Waals surface area contributed by atoms with Gasteiger partial charge in [-0.3, -0.25) is 9.59 Å². The monoisotopic (exact) mass is 306 g/mol. The number of alkyl halides is 2. The van der Waals surface area contributed by atoms with Gasteiger partial charge in [-0.25, -0.2) is 0 Å². The molecule has 1 aliphatic rings. The van der Waals surface area contributed by atoms with E-state index in [9.17, 15) is 9.59 Å². The number of benzene rings is 2. The van der Waals surface area contributed by atoms with Gasteiger partial charge in [0.15, 0.2) is 11.6 Å². The van der Waals surface area contributed by atoms with E-state index in [4.69, 9.17) is 23.2 Å². The minimum Gasteiger partial charge on any atom is -0.293 e. The molecule has 0 atom stereocenters. The highest BCUT2D eigenvalue weighted by atomic mass is 35.5. The van der Waals surface area contributed by atoms with Gasteiger partial charge in [0.1, 0.15) is 0 Å². The molecular weight excluding hydrogens is 295 g/mol. The zero-order valence-electron chi connectivity index (χ0n) is 10.7. The van der Waals surface area contributed by atoms with Crippen LogP contribution in [-0.4, -0.2) is 23.3 Å². The van der Waals surface area contributed by atoms with Crippen LogP contribution in [0.3, 0.4) is 0 Å². The number of ketones is 2. The molecule has 102 valence electrons. The van der Waals surface area contributed by atoms with Crippen molar-refractivity contribution in [3.05, 3.63) is 46.5 Å². The lowest BCUT2D eigenvalue weighted by Gasteiger charge is -2.10. The van der Waals surface area contributed by atoms with Gasteiger partial charge in [-0.1, -0.05) is 24.3 Å². The molecule has 0 unspecified atom stereocenters. The van der Waals surface area contributed by atoms with E-state index < -0.39 is 0 Å². The van der Waals surface area contributed by atoms with Crippen LogP contribution in [-0.2, 0) is 12.8 Å². The first kappa shape index (κ1) is 13.6. The van der Waals surface area contributed by atoms with Gasteiger partial charge in [0.25, 0.3) is 0 Å². The van der Waals surface area contributed by atoms with Crippen LogP contribution < -0.4 is 0 Å². The molecular formula is C16H12Cl2O2. The van der Waals surface area contributed by atoms with E-state index >= 15 is 0 Å². The van der Waals surface area contributed by atoms with E-state index in [0.29, 0.717) is 11.1 Å². The van der Waals surface area contributed by atoms with Gasteiger partial charge in [0, 0.05) is 11.1 Å². The normalized spacial score (nSPS) is 12.9. The lowest BCUT2D eigenvalue weighted by atomic mass is 9.94. The zero-order chi connectivity index (χ0) is 14.3. The zero-order valence-corrected chi connectivity index (χ0v) is 12.2. The van der Waals surface area contributed by atoms with Crippen molar-refractivity contribution in [3.8, 4) is 0 Å². The van der Waals surface area contributed by atoms with Crippen LogP contribution in [0.15, 0.2) is 24.3 Å². The molecule has 0 N–H and O–H groups in total. The summed E-state index contributed by atoms with van der Waals surface area (Å²) >= 11 is 11.3. The summed E-state index contributed by atoms with van der Waals surface area (Å²) in [6.45, 7) is 0. The Morgan fingerprint density at radius 1 is 0.900 bits per heavy atom. The summed E-state index contributed by atoms with van der Waals surface area (Å²) in [5.74, 6) is -0.210. The Morgan fingerprint density at radius 3 is 2.25 bits per heavy atom. The van der Waals surface area contributed by atoms with Gasteiger partial charge >= 0.3 is 0 Å². The number of carbonyl (C=O) groups is 2. The van der Waals surface area contributed by atoms with Crippen molar-refractivity contribution in [1.29, 1.82) is 0 Å². The molecule has 4 heteroatoms. The second-order valence-electron chi connectivity index (χ2n) is 4.90. The van der Waals surface area contributed by atoms with Crippen LogP contribution in [0.4, 0.5) is 0 Å². The topological polar surface area (TPSA) is 34.1 Å². The van der Waals surface area contributed by atoms with Gasteiger partial charge in [-0.05, 0) is 34.7 Å². The smallest absolute Gasteiger partial charge is 0.178 e. The van der Waals surface area contributed by atoms with E-state index in [1.807, 2.05) is 18.2 Å². The SMILES string of the molecule is O=C(CCl)c1ccc2c(C(=O)CCl)ccc3c2c1CC3. The van der Waals surface area contributed by atoms with Crippen LogP contribution in [0.2, 0.25) is 0 Å². The van der Waals surface area contributed by atoms with Crippen LogP contribution in [0.1, 0.15) is 31.8 Å². The highest BCUT2D eigenvalue weighted by Crippen LogP contribution is 2.35. The molecule has 0 amide bonds. The lowest BCUT2D eigenvalue weighted by Crippen LogP contribution is -2.06. The molecule has 0 fully saturated rings. The highest BCUT2D eigenvalue weighted by Gasteiger charge is 2.23. The summed E-state index contributed by atoms with van der Waals surface area (Å²) in [5.41, 5.74) is 3.52. The maximum Gasteiger partial charge on any atom is 0.178 e. The number of halogens is 2. The molecule has 0 saturated heterocycles. The van der Waals surface area contributed by atoms with Crippen LogP contribution in [0, 0.1) is 0 Å². The van der Waals surface area contributed by atoms with Crippen molar-refractivity contribution >= 4 is 45.5 Å². The van der Waals surface area contributed by atoms with Crippen molar-refractivity contribution in [2.24, 2.45) is 0 Å². The fraction of sp³-hybridized carbons (Fsp3) is 0.250.